The number of alkyl halides is 2. The zero-order valence-corrected chi connectivity index (χ0v) is 15.3. The Balaban J connectivity index is 1.44. The van der Waals surface area contributed by atoms with Gasteiger partial charge in [-0.1, -0.05) is 6.07 Å². The second-order valence-electron chi connectivity index (χ2n) is 5.83. The fourth-order valence-corrected chi connectivity index (χ4v) is 2.39. The molecule has 156 valence electrons. The maximum Gasteiger partial charge on any atom is 0.387 e. The van der Waals surface area contributed by atoms with Crippen molar-refractivity contribution in [1.29, 1.82) is 0 Å². The van der Waals surface area contributed by atoms with Crippen LogP contribution in [-0.4, -0.2) is 37.8 Å². The van der Waals surface area contributed by atoms with Gasteiger partial charge in [-0.2, -0.15) is 8.78 Å². The maximum atomic E-state index is 12.1. The van der Waals surface area contributed by atoms with Crippen LogP contribution in [0.25, 0.3) is 6.08 Å². The summed E-state index contributed by atoms with van der Waals surface area (Å²) in [5, 5.41) is 2.02. The molecule has 0 bridgehead atoms. The number of hydrogen-bond donors (Lipinski definition) is 1. The van der Waals surface area contributed by atoms with Crippen LogP contribution in [0.4, 0.5) is 8.78 Å². The lowest BCUT2D eigenvalue weighted by molar-refractivity contribution is -0.143. The number of rotatable bonds is 7. The number of ether oxygens (including phenoxy) is 4. The fourth-order valence-electron chi connectivity index (χ4n) is 2.39. The van der Waals surface area contributed by atoms with Crippen LogP contribution < -0.4 is 19.5 Å². The van der Waals surface area contributed by atoms with Crippen LogP contribution in [0.3, 0.4) is 0 Å². The van der Waals surface area contributed by atoms with Gasteiger partial charge in [0.2, 0.25) is 6.79 Å². The third-order valence-electron chi connectivity index (χ3n) is 3.75. The smallest absolute Gasteiger partial charge is 0.387 e. The van der Waals surface area contributed by atoms with E-state index in [-0.39, 0.29) is 18.1 Å². The molecule has 0 saturated heterocycles. The zero-order chi connectivity index (χ0) is 21.5. The molecule has 10 heteroatoms. The molecule has 30 heavy (non-hydrogen) atoms. The third kappa shape index (κ3) is 5.77. The van der Waals surface area contributed by atoms with Crippen LogP contribution in [-0.2, 0) is 14.3 Å². The molecule has 3 rings (SSSR count). The van der Waals surface area contributed by atoms with Crippen LogP contribution in [0.15, 0.2) is 48.5 Å². The number of esters is 1. The first-order chi connectivity index (χ1) is 14.4. The summed E-state index contributed by atoms with van der Waals surface area (Å²) in [5.74, 6) is -1.39. The van der Waals surface area contributed by atoms with Gasteiger partial charge in [0.25, 0.3) is 11.8 Å². The SMILES string of the molecule is O=C(COC(=O)/C=C/c1ccc2c(c1)OCO2)NC(=O)c1ccc(OC(F)F)cc1. The number of hydrogen-bond acceptors (Lipinski definition) is 7. The largest absolute Gasteiger partial charge is 0.454 e. The summed E-state index contributed by atoms with van der Waals surface area (Å²) in [5.41, 5.74) is 0.703. The summed E-state index contributed by atoms with van der Waals surface area (Å²) in [6, 6.07) is 9.81. The Morgan fingerprint density at radius 3 is 2.53 bits per heavy atom. The van der Waals surface area contributed by atoms with Crippen LogP contribution >= 0.6 is 0 Å². The minimum atomic E-state index is -2.99. The van der Waals surface area contributed by atoms with Crippen LogP contribution in [0.1, 0.15) is 15.9 Å². The van der Waals surface area contributed by atoms with E-state index in [1.165, 1.54) is 18.2 Å². The monoisotopic (exact) mass is 419 g/mol. The molecule has 0 radical (unpaired) electrons. The van der Waals surface area contributed by atoms with E-state index < -0.39 is 31.0 Å². The van der Waals surface area contributed by atoms with Gasteiger partial charge in [-0.3, -0.25) is 14.9 Å². The van der Waals surface area contributed by atoms with Crippen molar-refractivity contribution in [2.24, 2.45) is 0 Å². The maximum absolute atomic E-state index is 12.1. The highest BCUT2D eigenvalue weighted by molar-refractivity contribution is 6.05. The predicted octanol–water partition coefficient (Wildman–Crippen LogP) is 2.53. The molecule has 0 fully saturated rings. The molecule has 2 aromatic rings. The molecular weight excluding hydrogens is 404 g/mol. The standard InChI is InChI=1S/C20H15F2NO7/c21-20(22)30-14-5-3-13(4-6-14)19(26)23-17(24)10-27-18(25)8-2-12-1-7-15-16(9-12)29-11-28-15/h1-9,20H,10-11H2,(H,23,24,26)/b8-2+. The van der Waals surface area contributed by atoms with Crippen molar-refractivity contribution in [2.75, 3.05) is 13.4 Å². The summed E-state index contributed by atoms with van der Waals surface area (Å²) >= 11 is 0. The van der Waals surface area contributed by atoms with Gasteiger partial charge in [-0.05, 0) is 48.0 Å². The Hall–Kier alpha value is -3.95. The van der Waals surface area contributed by atoms with E-state index in [9.17, 15) is 23.2 Å². The molecule has 0 atom stereocenters. The summed E-state index contributed by atoms with van der Waals surface area (Å²) in [6.07, 6.45) is 2.59. The highest BCUT2D eigenvalue weighted by atomic mass is 19.3. The molecule has 2 aromatic carbocycles. The minimum absolute atomic E-state index is 0.0407. The number of halogens is 2. The van der Waals surface area contributed by atoms with Gasteiger partial charge in [0.1, 0.15) is 5.75 Å². The molecule has 1 aliphatic rings. The first kappa shape index (κ1) is 20.8. The molecule has 1 N–H and O–H groups in total. The molecule has 2 amide bonds. The van der Waals surface area contributed by atoms with Gasteiger partial charge in [-0.15, -0.1) is 0 Å². The van der Waals surface area contributed by atoms with Crippen molar-refractivity contribution in [2.45, 2.75) is 6.61 Å². The Morgan fingerprint density at radius 1 is 1.07 bits per heavy atom. The summed E-state index contributed by atoms with van der Waals surface area (Å²) in [6.45, 7) is -3.53. The van der Waals surface area contributed by atoms with Crippen molar-refractivity contribution >= 4 is 23.9 Å². The lowest BCUT2D eigenvalue weighted by Crippen LogP contribution is -2.34. The summed E-state index contributed by atoms with van der Waals surface area (Å²) in [7, 11) is 0. The topological polar surface area (TPSA) is 100 Å². The van der Waals surface area contributed by atoms with E-state index >= 15 is 0 Å². The van der Waals surface area contributed by atoms with Gasteiger partial charge in [0.05, 0.1) is 0 Å². The zero-order valence-electron chi connectivity index (χ0n) is 15.3. The number of carbonyl (C=O) groups excluding carboxylic acids is 3. The molecule has 0 saturated carbocycles. The van der Waals surface area contributed by atoms with E-state index in [1.54, 1.807) is 18.2 Å². The van der Waals surface area contributed by atoms with Crippen LogP contribution in [0.5, 0.6) is 17.2 Å². The predicted molar refractivity (Wildman–Crippen MR) is 98.1 cm³/mol. The van der Waals surface area contributed by atoms with Gasteiger partial charge in [0, 0.05) is 11.6 Å². The normalized spacial score (nSPS) is 12.1. The molecule has 0 aliphatic carbocycles. The Kier molecular flexibility index (Phi) is 6.58. The van der Waals surface area contributed by atoms with Gasteiger partial charge >= 0.3 is 12.6 Å². The van der Waals surface area contributed by atoms with E-state index in [4.69, 9.17) is 14.2 Å². The first-order valence-corrected chi connectivity index (χ1v) is 8.54. The highest BCUT2D eigenvalue weighted by Crippen LogP contribution is 2.32. The van der Waals surface area contributed by atoms with Crippen molar-refractivity contribution in [3.63, 3.8) is 0 Å². The number of carbonyl (C=O) groups is 3. The Morgan fingerprint density at radius 2 is 1.80 bits per heavy atom. The second-order valence-corrected chi connectivity index (χ2v) is 5.83. The molecule has 0 aromatic heterocycles. The van der Waals surface area contributed by atoms with Crippen molar-refractivity contribution < 1.29 is 42.1 Å². The molecule has 1 heterocycles. The summed E-state index contributed by atoms with van der Waals surface area (Å²) < 4.78 is 43.5. The van der Waals surface area contributed by atoms with Crippen molar-refractivity contribution in [3.8, 4) is 17.2 Å². The Labute approximate surface area is 169 Å². The van der Waals surface area contributed by atoms with Crippen LogP contribution in [0.2, 0.25) is 0 Å². The van der Waals surface area contributed by atoms with Gasteiger partial charge in [0.15, 0.2) is 18.1 Å². The lowest BCUT2D eigenvalue weighted by Gasteiger charge is -2.06. The molecular formula is C20H15F2NO7. The molecule has 1 aliphatic heterocycles. The molecule has 0 unspecified atom stereocenters. The lowest BCUT2D eigenvalue weighted by atomic mass is 10.2. The summed E-state index contributed by atoms with van der Waals surface area (Å²) in [4.78, 5) is 35.4. The van der Waals surface area contributed by atoms with E-state index in [0.717, 1.165) is 18.2 Å². The number of fused-ring (bicyclic) bond motifs is 1. The van der Waals surface area contributed by atoms with E-state index in [0.29, 0.717) is 17.1 Å². The van der Waals surface area contributed by atoms with Crippen molar-refractivity contribution in [1.82, 2.24) is 5.32 Å². The van der Waals surface area contributed by atoms with Gasteiger partial charge < -0.3 is 18.9 Å². The second kappa shape index (κ2) is 9.50. The van der Waals surface area contributed by atoms with Crippen molar-refractivity contribution in [3.05, 3.63) is 59.7 Å². The van der Waals surface area contributed by atoms with Crippen LogP contribution in [0, 0.1) is 0 Å². The Bertz CT molecular complexity index is 974. The number of amides is 2. The van der Waals surface area contributed by atoms with E-state index in [2.05, 4.69) is 4.74 Å². The third-order valence-corrected chi connectivity index (χ3v) is 3.75. The quantitative estimate of drug-likeness (QED) is 0.544. The average Bonchev–Trinajstić information content (AvgIpc) is 3.18. The highest BCUT2D eigenvalue weighted by Gasteiger charge is 2.14. The van der Waals surface area contributed by atoms with Gasteiger partial charge in [-0.25, -0.2) is 4.79 Å². The average molecular weight is 419 g/mol. The number of nitrogens with one attached hydrogen (secondary N) is 1. The molecule has 0 spiro atoms. The molecule has 8 nitrogen and oxygen atoms in total. The number of benzene rings is 2. The first-order valence-electron chi connectivity index (χ1n) is 8.54. The van der Waals surface area contributed by atoms with E-state index in [1.807, 2.05) is 5.32 Å². The fraction of sp³-hybridized carbons (Fsp3) is 0.150. The minimum Gasteiger partial charge on any atom is -0.454 e. The number of imide groups is 1.